The van der Waals surface area contributed by atoms with Crippen LogP contribution in [-0.2, 0) is 20.8 Å². The van der Waals surface area contributed by atoms with Gasteiger partial charge in [0.15, 0.2) is 6.29 Å². The third-order valence-electron chi connectivity index (χ3n) is 2.37. The van der Waals surface area contributed by atoms with Crippen molar-refractivity contribution in [3.63, 3.8) is 0 Å². The first-order valence-electron chi connectivity index (χ1n) is 5.54. The minimum atomic E-state index is -0.111. The van der Waals surface area contributed by atoms with Gasteiger partial charge < -0.3 is 14.2 Å². The van der Waals surface area contributed by atoms with Crippen LogP contribution >= 0.6 is 0 Å². The van der Waals surface area contributed by atoms with Crippen LogP contribution in [0.15, 0.2) is 30.3 Å². The minimum Gasteiger partial charge on any atom is -0.377 e. The van der Waals surface area contributed by atoms with Crippen molar-refractivity contribution in [2.45, 2.75) is 25.7 Å². The summed E-state index contributed by atoms with van der Waals surface area (Å²) < 4.78 is 15.7. The van der Waals surface area contributed by atoms with E-state index in [0.717, 1.165) is 19.4 Å². The van der Waals surface area contributed by atoms with Gasteiger partial charge in [-0.15, -0.1) is 0 Å². The number of hydrogen-bond acceptors (Lipinski definition) is 3. The Labute approximate surface area is 97.3 Å². The number of ether oxygens (including phenoxy) is 3. The third-order valence-corrected chi connectivity index (χ3v) is 2.37. The molecule has 0 amide bonds. The quantitative estimate of drug-likeness (QED) is 0.502. The highest BCUT2D eigenvalue weighted by Gasteiger charge is 2.03. The second kappa shape index (κ2) is 8.28. The van der Waals surface area contributed by atoms with Crippen molar-refractivity contribution in [1.82, 2.24) is 0 Å². The Hall–Kier alpha value is -0.900. The number of methoxy groups -OCH3 is 2. The molecule has 0 aliphatic heterocycles. The van der Waals surface area contributed by atoms with Crippen molar-refractivity contribution in [3.8, 4) is 0 Å². The van der Waals surface area contributed by atoms with E-state index in [1.165, 1.54) is 5.56 Å². The average Bonchev–Trinajstić information content (AvgIpc) is 2.35. The molecular weight excluding hydrogens is 204 g/mol. The van der Waals surface area contributed by atoms with Crippen molar-refractivity contribution in [1.29, 1.82) is 0 Å². The van der Waals surface area contributed by atoms with E-state index in [1.807, 2.05) is 18.2 Å². The molecule has 1 aromatic rings. The summed E-state index contributed by atoms with van der Waals surface area (Å²) in [5, 5.41) is 0. The molecule has 3 nitrogen and oxygen atoms in total. The van der Waals surface area contributed by atoms with Gasteiger partial charge in [0.05, 0.1) is 6.61 Å². The molecule has 0 spiro atoms. The van der Waals surface area contributed by atoms with Crippen molar-refractivity contribution >= 4 is 0 Å². The van der Waals surface area contributed by atoms with Crippen molar-refractivity contribution in [3.05, 3.63) is 35.9 Å². The summed E-state index contributed by atoms with van der Waals surface area (Å²) in [7, 11) is 3.30. The van der Waals surface area contributed by atoms with E-state index < -0.39 is 0 Å². The maximum Gasteiger partial charge on any atom is 0.156 e. The van der Waals surface area contributed by atoms with Crippen molar-refractivity contribution < 1.29 is 14.2 Å². The fourth-order valence-corrected chi connectivity index (χ4v) is 1.45. The lowest BCUT2D eigenvalue weighted by Crippen LogP contribution is -2.13. The van der Waals surface area contributed by atoms with Crippen LogP contribution in [0.3, 0.4) is 0 Å². The van der Waals surface area contributed by atoms with Gasteiger partial charge in [0.25, 0.3) is 0 Å². The summed E-state index contributed by atoms with van der Waals surface area (Å²) >= 11 is 0. The van der Waals surface area contributed by atoms with E-state index in [9.17, 15) is 0 Å². The van der Waals surface area contributed by atoms with Crippen LogP contribution in [0, 0.1) is 0 Å². The van der Waals surface area contributed by atoms with Gasteiger partial charge in [-0.1, -0.05) is 30.3 Å². The zero-order chi connectivity index (χ0) is 11.6. The second-order valence-corrected chi connectivity index (χ2v) is 3.58. The highest BCUT2D eigenvalue weighted by atomic mass is 16.7. The molecule has 0 radical (unpaired) electrons. The maximum atomic E-state index is 5.55. The van der Waals surface area contributed by atoms with Crippen LogP contribution in [0.4, 0.5) is 0 Å². The van der Waals surface area contributed by atoms with E-state index in [4.69, 9.17) is 14.2 Å². The van der Waals surface area contributed by atoms with Crippen LogP contribution in [0.5, 0.6) is 0 Å². The van der Waals surface area contributed by atoms with E-state index in [-0.39, 0.29) is 6.29 Å². The molecule has 0 unspecified atom stereocenters. The molecule has 0 bridgehead atoms. The van der Waals surface area contributed by atoms with Gasteiger partial charge in [0.2, 0.25) is 0 Å². The Bertz CT molecular complexity index is 257. The molecule has 0 N–H and O–H groups in total. The van der Waals surface area contributed by atoms with Gasteiger partial charge in [-0.3, -0.25) is 0 Å². The summed E-state index contributed by atoms with van der Waals surface area (Å²) in [5.74, 6) is 0. The first-order chi connectivity index (χ1) is 7.86. The van der Waals surface area contributed by atoms with E-state index >= 15 is 0 Å². The monoisotopic (exact) mass is 224 g/mol. The third kappa shape index (κ3) is 5.26. The van der Waals surface area contributed by atoms with E-state index in [0.29, 0.717) is 6.61 Å². The average molecular weight is 224 g/mol. The fraction of sp³-hybridized carbons (Fsp3) is 0.538. The lowest BCUT2D eigenvalue weighted by atomic mass is 10.2. The lowest BCUT2D eigenvalue weighted by Gasteiger charge is -2.12. The molecule has 0 aliphatic carbocycles. The van der Waals surface area contributed by atoms with Gasteiger partial charge in [-0.05, 0) is 12.0 Å². The fourth-order valence-electron chi connectivity index (χ4n) is 1.45. The molecule has 0 saturated carbocycles. The second-order valence-electron chi connectivity index (χ2n) is 3.58. The van der Waals surface area contributed by atoms with Crippen LogP contribution in [-0.4, -0.2) is 27.1 Å². The highest BCUT2D eigenvalue weighted by molar-refractivity contribution is 5.13. The van der Waals surface area contributed by atoms with Crippen molar-refractivity contribution in [2.75, 3.05) is 20.8 Å². The molecule has 0 aromatic heterocycles. The molecule has 1 aromatic carbocycles. The summed E-state index contributed by atoms with van der Waals surface area (Å²) in [6.07, 6.45) is 1.70. The molecule has 0 atom stereocenters. The highest BCUT2D eigenvalue weighted by Crippen LogP contribution is 2.04. The normalized spacial score (nSPS) is 10.9. The molecule has 0 fully saturated rings. The van der Waals surface area contributed by atoms with Crippen molar-refractivity contribution in [2.24, 2.45) is 0 Å². The van der Waals surface area contributed by atoms with Crippen LogP contribution in [0.25, 0.3) is 0 Å². The molecule has 90 valence electrons. The minimum absolute atomic E-state index is 0.111. The van der Waals surface area contributed by atoms with Gasteiger partial charge in [-0.25, -0.2) is 0 Å². The van der Waals surface area contributed by atoms with E-state index in [1.54, 1.807) is 14.2 Å². The zero-order valence-corrected chi connectivity index (χ0v) is 10.0. The van der Waals surface area contributed by atoms with Gasteiger partial charge in [-0.2, -0.15) is 0 Å². The summed E-state index contributed by atoms with van der Waals surface area (Å²) in [5.41, 5.74) is 1.21. The zero-order valence-electron chi connectivity index (χ0n) is 10.0. The Morgan fingerprint density at radius 3 is 2.38 bits per heavy atom. The Kier molecular flexibility index (Phi) is 6.81. The summed E-state index contributed by atoms with van der Waals surface area (Å²) in [4.78, 5) is 0. The van der Waals surface area contributed by atoms with Gasteiger partial charge in [0.1, 0.15) is 0 Å². The number of benzene rings is 1. The maximum absolute atomic E-state index is 5.55. The van der Waals surface area contributed by atoms with Gasteiger partial charge in [0, 0.05) is 27.2 Å². The first-order valence-corrected chi connectivity index (χ1v) is 5.54. The number of rotatable bonds is 8. The predicted octanol–water partition coefficient (Wildman–Crippen LogP) is 2.60. The Morgan fingerprint density at radius 1 is 1.06 bits per heavy atom. The summed E-state index contributed by atoms with van der Waals surface area (Å²) in [6, 6.07) is 10.2. The molecular formula is C13H20O3. The van der Waals surface area contributed by atoms with Crippen LogP contribution in [0.1, 0.15) is 18.4 Å². The Morgan fingerprint density at radius 2 is 1.75 bits per heavy atom. The number of hydrogen-bond donors (Lipinski definition) is 0. The first kappa shape index (κ1) is 13.2. The topological polar surface area (TPSA) is 27.7 Å². The molecule has 0 aliphatic rings. The lowest BCUT2D eigenvalue weighted by molar-refractivity contribution is -0.109. The van der Waals surface area contributed by atoms with E-state index in [2.05, 4.69) is 12.1 Å². The smallest absolute Gasteiger partial charge is 0.156 e. The molecule has 0 saturated heterocycles. The largest absolute Gasteiger partial charge is 0.377 e. The van der Waals surface area contributed by atoms with Crippen LogP contribution in [0.2, 0.25) is 0 Å². The predicted molar refractivity (Wildman–Crippen MR) is 63.1 cm³/mol. The molecule has 1 rings (SSSR count). The summed E-state index contributed by atoms with van der Waals surface area (Å²) in [6.45, 7) is 1.41. The van der Waals surface area contributed by atoms with Gasteiger partial charge >= 0.3 is 0 Å². The SMILES string of the molecule is COC(CCCOCc1ccccc1)OC. The molecule has 0 heterocycles. The Balaban J connectivity index is 2.04. The van der Waals surface area contributed by atoms with Crippen LogP contribution < -0.4 is 0 Å². The standard InChI is InChI=1S/C13H20O3/c1-14-13(15-2)9-6-10-16-11-12-7-4-3-5-8-12/h3-5,7-8,13H,6,9-11H2,1-2H3. The molecule has 3 heteroatoms. The molecule has 16 heavy (non-hydrogen) atoms.